The number of hydrogen-bond acceptors (Lipinski definition) is 3. The minimum absolute atomic E-state index is 0.123. The van der Waals surface area contributed by atoms with Gasteiger partial charge in [0.2, 0.25) is 0 Å². The highest BCUT2D eigenvalue weighted by atomic mass is 19.1. The predicted molar refractivity (Wildman–Crippen MR) is 64.1 cm³/mol. The second kappa shape index (κ2) is 5.93. The van der Waals surface area contributed by atoms with Crippen LogP contribution in [0.3, 0.4) is 0 Å². The molecule has 1 aliphatic heterocycles. The number of halogens is 1. The number of carbonyl (C=O) groups is 1. The van der Waals surface area contributed by atoms with Gasteiger partial charge in [0, 0.05) is 31.8 Å². The molecule has 1 saturated heterocycles. The first-order chi connectivity index (χ1) is 8.66. The summed E-state index contributed by atoms with van der Waals surface area (Å²) in [4.78, 5) is 12.9. The molecule has 2 rings (SSSR count). The van der Waals surface area contributed by atoms with Gasteiger partial charge in [0.15, 0.2) is 0 Å². The third kappa shape index (κ3) is 3.27. The number of rotatable bonds is 3. The zero-order chi connectivity index (χ0) is 13.0. The van der Waals surface area contributed by atoms with E-state index in [1.807, 2.05) is 0 Å². The lowest BCUT2D eigenvalue weighted by Gasteiger charge is -2.19. The molecular weight excluding hydrogens is 237 g/mol. The van der Waals surface area contributed by atoms with Crippen LogP contribution >= 0.6 is 0 Å². The van der Waals surface area contributed by atoms with E-state index in [4.69, 9.17) is 9.84 Å². The van der Waals surface area contributed by atoms with Gasteiger partial charge in [0.1, 0.15) is 5.82 Å². The number of nitrogens with zero attached hydrogens (tertiary/aromatic N) is 1. The normalized spacial score (nSPS) is 17.4. The van der Waals surface area contributed by atoms with Gasteiger partial charge in [-0.25, -0.2) is 9.18 Å². The summed E-state index contributed by atoms with van der Waals surface area (Å²) < 4.78 is 19.0. The van der Waals surface area contributed by atoms with E-state index in [0.29, 0.717) is 18.7 Å². The van der Waals surface area contributed by atoms with Gasteiger partial charge in [-0.15, -0.1) is 0 Å². The lowest BCUT2D eigenvalue weighted by molar-refractivity contribution is 0.0696. The molecule has 0 saturated carbocycles. The summed E-state index contributed by atoms with van der Waals surface area (Å²) >= 11 is 0. The SMILES string of the molecule is O=C(O)c1ccc(F)c(CN2CCCOCC2)c1. The maximum Gasteiger partial charge on any atom is 0.335 e. The Balaban J connectivity index is 2.11. The Kier molecular flexibility index (Phi) is 4.28. The van der Waals surface area contributed by atoms with Gasteiger partial charge in [-0.2, -0.15) is 0 Å². The molecule has 4 nitrogen and oxygen atoms in total. The molecule has 0 amide bonds. The molecule has 0 radical (unpaired) electrons. The largest absolute Gasteiger partial charge is 0.478 e. The van der Waals surface area contributed by atoms with Gasteiger partial charge in [0.25, 0.3) is 0 Å². The Morgan fingerprint density at radius 2 is 2.22 bits per heavy atom. The molecule has 1 heterocycles. The van der Waals surface area contributed by atoms with Crippen molar-refractivity contribution >= 4 is 5.97 Å². The first-order valence-electron chi connectivity index (χ1n) is 5.98. The van der Waals surface area contributed by atoms with Crippen molar-refractivity contribution in [3.05, 3.63) is 35.1 Å². The average molecular weight is 253 g/mol. The highest BCUT2D eigenvalue weighted by molar-refractivity contribution is 5.87. The second-order valence-electron chi connectivity index (χ2n) is 4.35. The maximum absolute atomic E-state index is 13.6. The zero-order valence-corrected chi connectivity index (χ0v) is 10.1. The molecule has 18 heavy (non-hydrogen) atoms. The molecule has 1 aliphatic rings. The average Bonchev–Trinajstić information content (AvgIpc) is 2.60. The molecule has 1 aromatic carbocycles. The van der Waals surface area contributed by atoms with Gasteiger partial charge < -0.3 is 9.84 Å². The fourth-order valence-corrected chi connectivity index (χ4v) is 2.03. The van der Waals surface area contributed by atoms with E-state index in [-0.39, 0.29) is 11.4 Å². The Morgan fingerprint density at radius 1 is 1.39 bits per heavy atom. The fraction of sp³-hybridized carbons (Fsp3) is 0.462. The smallest absolute Gasteiger partial charge is 0.335 e. The molecule has 0 bridgehead atoms. The maximum atomic E-state index is 13.6. The number of aromatic carboxylic acids is 1. The van der Waals surface area contributed by atoms with Gasteiger partial charge in [-0.3, -0.25) is 4.90 Å². The number of carboxylic acid groups (broad SMARTS) is 1. The molecule has 0 atom stereocenters. The lowest BCUT2D eigenvalue weighted by Crippen LogP contribution is -2.26. The van der Waals surface area contributed by atoms with Gasteiger partial charge >= 0.3 is 5.97 Å². The molecule has 0 spiro atoms. The van der Waals surface area contributed by atoms with Crippen molar-refractivity contribution in [1.82, 2.24) is 4.90 Å². The van der Waals surface area contributed by atoms with Crippen molar-refractivity contribution in [2.75, 3.05) is 26.3 Å². The van der Waals surface area contributed by atoms with Crippen LogP contribution in [0.1, 0.15) is 22.3 Å². The topological polar surface area (TPSA) is 49.8 Å². The number of carboxylic acids is 1. The van der Waals surface area contributed by atoms with Crippen molar-refractivity contribution in [1.29, 1.82) is 0 Å². The van der Waals surface area contributed by atoms with Crippen LogP contribution in [0.15, 0.2) is 18.2 Å². The number of ether oxygens (including phenoxy) is 1. The number of benzene rings is 1. The lowest BCUT2D eigenvalue weighted by atomic mass is 10.1. The standard InChI is InChI=1S/C13H16FNO3/c14-12-3-2-10(13(16)17)8-11(12)9-15-4-1-6-18-7-5-15/h2-3,8H,1,4-7,9H2,(H,16,17). The van der Waals surface area contributed by atoms with Crippen LogP contribution in [0.4, 0.5) is 4.39 Å². The highest BCUT2D eigenvalue weighted by Gasteiger charge is 2.14. The summed E-state index contributed by atoms with van der Waals surface area (Å²) in [5.41, 5.74) is 0.550. The van der Waals surface area contributed by atoms with Crippen LogP contribution in [0.2, 0.25) is 0 Å². The summed E-state index contributed by atoms with van der Waals surface area (Å²) in [6.45, 7) is 3.39. The molecule has 0 aromatic heterocycles. The monoisotopic (exact) mass is 253 g/mol. The van der Waals surface area contributed by atoms with Crippen LogP contribution in [0.25, 0.3) is 0 Å². The first-order valence-corrected chi connectivity index (χ1v) is 5.98. The van der Waals surface area contributed by atoms with E-state index in [0.717, 1.165) is 26.1 Å². The Bertz CT molecular complexity index is 428. The Labute approximate surface area is 105 Å². The van der Waals surface area contributed by atoms with Crippen molar-refractivity contribution in [2.24, 2.45) is 0 Å². The van der Waals surface area contributed by atoms with E-state index in [2.05, 4.69) is 4.90 Å². The first kappa shape index (κ1) is 13.0. The predicted octanol–water partition coefficient (Wildman–Crippen LogP) is 1.75. The van der Waals surface area contributed by atoms with E-state index >= 15 is 0 Å². The summed E-state index contributed by atoms with van der Waals surface area (Å²) in [5.74, 6) is -1.39. The minimum Gasteiger partial charge on any atom is -0.478 e. The third-order valence-corrected chi connectivity index (χ3v) is 3.00. The summed E-state index contributed by atoms with van der Waals surface area (Å²) in [6.07, 6.45) is 0.917. The van der Waals surface area contributed by atoms with Gasteiger partial charge in [-0.1, -0.05) is 0 Å². The highest BCUT2D eigenvalue weighted by Crippen LogP contribution is 2.14. The molecule has 5 heteroatoms. The molecule has 1 aromatic rings. The quantitative estimate of drug-likeness (QED) is 0.891. The van der Waals surface area contributed by atoms with Gasteiger partial charge in [-0.05, 0) is 24.6 Å². The molecule has 1 N–H and O–H groups in total. The van der Waals surface area contributed by atoms with Crippen LogP contribution in [0, 0.1) is 5.82 Å². The summed E-state index contributed by atoms with van der Waals surface area (Å²) in [6, 6.07) is 3.91. The van der Waals surface area contributed by atoms with Gasteiger partial charge in [0.05, 0.1) is 12.2 Å². The Morgan fingerprint density at radius 3 is 3.00 bits per heavy atom. The fourth-order valence-electron chi connectivity index (χ4n) is 2.03. The van der Waals surface area contributed by atoms with Crippen molar-refractivity contribution in [2.45, 2.75) is 13.0 Å². The summed E-state index contributed by atoms with van der Waals surface area (Å²) in [5, 5.41) is 8.89. The molecule has 1 fully saturated rings. The molecule has 0 aliphatic carbocycles. The van der Waals surface area contributed by atoms with Crippen LogP contribution in [-0.4, -0.2) is 42.3 Å². The van der Waals surface area contributed by atoms with Crippen LogP contribution in [0.5, 0.6) is 0 Å². The van der Waals surface area contributed by atoms with E-state index in [9.17, 15) is 9.18 Å². The van der Waals surface area contributed by atoms with Crippen molar-refractivity contribution in [3.63, 3.8) is 0 Å². The second-order valence-corrected chi connectivity index (χ2v) is 4.35. The van der Waals surface area contributed by atoms with Crippen LogP contribution < -0.4 is 0 Å². The van der Waals surface area contributed by atoms with E-state index in [1.54, 1.807) is 0 Å². The van der Waals surface area contributed by atoms with Crippen molar-refractivity contribution < 1.29 is 19.0 Å². The van der Waals surface area contributed by atoms with Crippen molar-refractivity contribution in [3.8, 4) is 0 Å². The molecule has 0 unspecified atom stereocenters. The van der Waals surface area contributed by atoms with Crippen LogP contribution in [-0.2, 0) is 11.3 Å². The molecule has 98 valence electrons. The van der Waals surface area contributed by atoms with E-state index < -0.39 is 5.97 Å². The number of hydrogen-bond donors (Lipinski definition) is 1. The zero-order valence-electron chi connectivity index (χ0n) is 10.1. The third-order valence-electron chi connectivity index (χ3n) is 3.00. The minimum atomic E-state index is -1.03. The summed E-state index contributed by atoms with van der Waals surface area (Å²) in [7, 11) is 0. The van der Waals surface area contributed by atoms with E-state index in [1.165, 1.54) is 18.2 Å². The molecular formula is C13H16FNO3. The Hall–Kier alpha value is -1.46.